The van der Waals surface area contributed by atoms with Crippen LogP contribution in [-0.2, 0) is 21.9 Å². The molecule has 1 N–H and O–H groups in total. The van der Waals surface area contributed by atoms with Crippen LogP contribution in [0, 0.1) is 6.92 Å². The molecule has 172 valence electrons. The highest BCUT2D eigenvalue weighted by Crippen LogP contribution is 2.28. The van der Waals surface area contributed by atoms with Crippen LogP contribution in [0.25, 0.3) is 0 Å². The second-order valence-corrected chi connectivity index (χ2v) is 11.7. The molecule has 1 aliphatic carbocycles. The zero-order valence-electron chi connectivity index (χ0n) is 19.2. The molecule has 0 bridgehead atoms. The number of sulfonamides is 1. The van der Waals surface area contributed by atoms with Gasteiger partial charge in [0.15, 0.2) is 5.78 Å². The molecule has 4 rings (SSSR count). The highest BCUT2D eigenvalue weighted by atomic mass is 32.2. The van der Waals surface area contributed by atoms with Gasteiger partial charge in [-0.3, -0.25) is 9.59 Å². The van der Waals surface area contributed by atoms with Crippen molar-refractivity contribution in [3.8, 4) is 0 Å². The van der Waals surface area contributed by atoms with E-state index in [4.69, 9.17) is 0 Å². The highest BCUT2D eigenvalue weighted by molar-refractivity contribution is 7.89. The van der Waals surface area contributed by atoms with Gasteiger partial charge in [0.25, 0.3) is 5.91 Å². The van der Waals surface area contributed by atoms with E-state index in [-0.39, 0.29) is 35.1 Å². The van der Waals surface area contributed by atoms with Gasteiger partial charge in [0, 0.05) is 43.9 Å². The minimum Gasteiger partial charge on any atom is -0.354 e. The lowest BCUT2D eigenvalue weighted by Crippen LogP contribution is -2.50. The van der Waals surface area contributed by atoms with Gasteiger partial charge in [-0.05, 0) is 48.4 Å². The number of aryl methyl sites for hydroxylation is 1. The lowest BCUT2D eigenvalue weighted by Gasteiger charge is -2.34. The number of hydrogen-bond acceptors (Lipinski definition) is 4. The Kier molecular flexibility index (Phi) is 5.79. The largest absolute Gasteiger partial charge is 0.354 e. The fourth-order valence-electron chi connectivity index (χ4n) is 4.55. The number of benzene rings is 1. The maximum atomic E-state index is 13.1. The molecule has 2 aromatic rings. The average Bonchev–Trinajstić information content (AvgIpc) is 3.10. The Morgan fingerprint density at radius 3 is 2.19 bits per heavy atom. The van der Waals surface area contributed by atoms with Gasteiger partial charge in [-0.1, -0.05) is 32.9 Å². The molecule has 1 aromatic carbocycles. The van der Waals surface area contributed by atoms with E-state index < -0.39 is 10.0 Å². The quantitative estimate of drug-likeness (QED) is 0.766. The van der Waals surface area contributed by atoms with Gasteiger partial charge in [-0.25, -0.2) is 8.42 Å². The van der Waals surface area contributed by atoms with Crippen LogP contribution in [0.5, 0.6) is 0 Å². The summed E-state index contributed by atoms with van der Waals surface area (Å²) >= 11 is 0. The molecule has 7 nitrogen and oxygen atoms in total. The van der Waals surface area contributed by atoms with E-state index >= 15 is 0 Å². The van der Waals surface area contributed by atoms with Gasteiger partial charge in [-0.2, -0.15) is 4.31 Å². The molecule has 1 fully saturated rings. The van der Waals surface area contributed by atoms with Gasteiger partial charge in [-0.15, -0.1) is 0 Å². The van der Waals surface area contributed by atoms with Gasteiger partial charge >= 0.3 is 0 Å². The lowest BCUT2D eigenvalue weighted by atomic mass is 9.87. The summed E-state index contributed by atoms with van der Waals surface area (Å²) in [5.41, 5.74) is 3.72. The molecule has 0 radical (unpaired) electrons. The summed E-state index contributed by atoms with van der Waals surface area (Å²) in [6.07, 6.45) is 2.09. The van der Waals surface area contributed by atoms with Crippen molar-refractivity contribution >= 4 is 21.7 Å². The summed E-state index contributed by atoms with van der Waals surface area (Å²) in [4.78, 5) is 30.5. The molecule has 1 aliphatic heterocycles. The molecular weight excluding hydrogens is 426 g/mol. The number of rotatable bonds is 3. The summed E-state index contributed by atoms with van der Waals surface area (Å²) in [5, 5.41) is 0. The Hall–Kier alpha value is -2.45. The first-order valence-corrected chi connectivity index (χ1v) is 12.6. The number of amides is 1. The van der Waals surface area contributed by atoms with E-state index in [2.05, 4.69) is 25.8 Å². The number of aromatic amines is 1. The predicted octanol–water partition coefficient (Wildman–Crippen LogP) is 3.29. The normalized spacial score (nSPS) is 18.0. The summed E-state index contributed by atoms with van der Waals surface area (Å²) in [5.74, 6) is -0.0799. The zero-order valence-corrected chi connectivity index (χ0v) is 20.0. The molecule has 1 aromatic heterocycles. The molecule has 32 heavy (non-hydrogen) atoms. The highest BCUT2D eigenvalue weighted by Gasteiger charge is 2.33. The Balaban J connectivity index is 1.46. The third kappa shape index (κ3) is 4.01. The smallest absolute Gasteiger partial charge is 0.270 e. The molecule has 0 unspecified atom stereocenters. The Morgan fingerprint density at radius 2 is 1.62 bits per heavy atom. The number of piperazine rings is 1. The van der Waals surface area contributed by atoms with Crippen molar-refractivity contribution in [2.45, 2.75) is 57.3 Å². The van der Waals surface area contributed by atoms with E-state index in [0.717, 1.165) is 24.1 Å². The van der Waals surface area contributed by atoms with E-state index in [1.807, 2.05) is 19.1 Å². The monoisotopic (exact) mass is 457 g/mol. The average molecular weight is 458 g/mol. The fourth-order valence-corrected chi connectivity index (χ4v) is 5.98. The first-order valence-electron chi connectivity index (χ1n) is 11.1. The number of carbonyl (C=O) groups is 2. The van der Waals surface area contributed by atoms with Crippen molar-refractivity contribution in [1.82, 2.24) is 14.2 Å². The number of carbonyl (C=O) groups excluding carboxylic acids is 2. The second-order valence-electron chi connectivity index (χ2n) is 9.73. The van der Waals surface area contributed by atoms with Gasteiger partial charge in [0.2, 0.25) is 10.0 Å². The standard InChI is InChI=1S/C24H31N3O4S/c1-16-21-19(6-5-7-20(21)28)25-22(16)23(29)26-12-14-27(15-13-26)32(30,31)18-10-8-17(9-11-18)24(2,3)4/h8-11,25H,5-7,12-15H2,1-4H3. The molecule has 8 heteroatoms. The molecule has 2 aliphatic rings. The number of fused-ring (bicyclic) bond motifs is 1. The Morgan fingerprint density at radius 1 is 1.00 bits per heavy atom. The van der Waals surface area contributed by atoms with E-state index in [1.54, 1.807) is 17.0 Å². The lowest BCUT2D eigenvalue weighted by molar-refractivity contribution is 0.0691. The minimum atomic E-state index is -3.61. The molecular formula is C24H31N3O4S. The van der Waals surface area contributed by atoms with Crippen LogP contribution in [0.4, 0.5) is 0 Å². The topological polar surface area (TPSA) is 90.6 Å². The van der Waals surface area contributed by atoms with E-state index in [9.17, 15) is 18.0 Å². The number of nitrogens with one attached hydrogen (secondary N) is 1. The first-order chi connectivity index (χ1) is 15.0. The molecule has 0 spiro atoms. The maximum Gasteiger partial charge on any atom is 0.270 e. The van der Waals surface area contributed by atoms with Crippen molar-refractivity contribution in [2.24, 2.45) is 0 Å². The third-order valence-corrected chi connectivity index (χ3v) is 8.45. The third-order valence-electron chi connectivity index (χ3n) is 6.53. The van der Waals surface area contributed by atoms with Crippen LogP contribution in [0.3, 0.4) is 0 Å². The van der Waals surface area contributed by atoms with Crippen molar-refractivity contribution in [1.29, 1.82) is 0 Å². The fraction of sp³-hybridized carbons (Fsp3) is 0.500. The summed E-state index contributed by atoms with van der Waals surface area (Å²) < 4.78 is 27.6. The summed E-state index contributed by atoms with van der Waals surface area (Å²) in [7, 11) is -3.61. The van der Waals surface area contributed by atoms with E-state index in [0.29, 0.717) is 36.3 Å². The molecule has 1 amide bonds. The van der Waals surface area contributed by atoms with Crippen molar-refractivity contribution in [3.05, 3.63) is 52.3 Å². The molecule has 0 saturated carbocycles. The molecule has 1 saturated heterocycles. The summed E-state index contributed by atoms with van der Waals surface area (Å²) in [6.45, 7) is 9.19. The number of Topliss-reactive ketones (excluding diaryl/α,β-unsaturated/α-hetero) is 1. The van der Waals surface area contributed by atoms with Crippen LogP contribution in [0.1, 0.15) is 71.3 Å². The number of hydrogen-bond donors (Lipinski definition) is 1. The molecule has 2 heterocycles. The molecule has 0 atom stereocenters. The van der Waals surface area contributed by atoms with Crippen molar-refractivity contribution < 1.29 is 18.0 Å². The Labute approximate surface area is 189 Å². The number of H-pyrrole nitrogens is 1. The van der Waals surface area contributed by atoms with Crippen molar-refractivity contribution in [3.63, 3.8) is 0 Å². The van der Waals surface area contributed by atoms with Gasteiger partial charge in [0.1, 0.15) is 5.69 Å². The SMILES string of the molecule is Cc1c(C(=O)N2CCN(S(=O)(=O)c3ccc(C(C)(C)C)cc3)CC2)[nH]c2c1C(=O)CCC2. The Bertz CT molecular complexity index is 1150. The van der Waals surface area contributed by atoms with Crippen LogP contribution in [-0.4, -0.2) is 60.5 Å². The second kappa shape index (κ2) is 8.15. The van der Waals surface area contributed by atoms with E-state index in [1.165, 1.54) is 4.31 Å². The predicted molar refractivity (Wildman–Crippen MR) is 123 cm³/mol. The minimum absolute atomic E-state index is 0.0476. The maximum absolute atomic E-state index is 13.1. The van der Waals surface area contributed by atoms with Crippen LogP contribution in [0.2, 0.25) is 0 Å². The zero-order chi connectivity index (χ0) is 23.3. The summed E-state index contributed by atoms with van der Waals surface area (Å²) in [6, 6.07) is 7.06. The van der Waals surface area contributed by atoms with Crippen molar-refractivity contribution in [2.75, 3.05) is 26.2 Å². The van der Waals surface area contributed by atoms with Gasteiger partial charge < -0.3 is 9.88 Å². The number of nitrogens with zero attached hydrogens (tertiary/aromatic N) is 2. The number of ketones is 1. The van der Waals surface area contributed by atoms with Crippen LogP contribution >= 0.6 is 0 Å². The number of aromatic nitrogens is 1. The first kappa shape index (κ1) is 22.7. The van der Waals surface area contributed by atoms with Crippen LogP contribution < -0.4 is 0 Å². The van der Waals surface area contributed by atoms with Crippen LogP contribution in [0.15, 0.2) is 29.2 Å². The van der Waals surface area contributed by atoms with Gasteiger partial charge in [0.05, 0.1) is 4.90 Å².